The number of rotatable bonds is 3. The van der Waals surface area contributed by atoms with Crippen molar-refractivity contribution >= 4 is 27.2 Å². The highest BCUT2D eigenvalue weighted by molar-refractivity contribution is 7.90. The fraction of sp³-hybridized carbons (Fsp3) is 0.357. The van der Waals surface area contributed by atoms with Crippen LogP contribution in [0.2, 0.25) is 0 Å². The number of pyridine rings is 1. The summed E-state index contributed by atoms with van der Waals surface area (Å²) < 4.78 is 25.1. The zero-order chi connectivity index (χ0) is 16.8. The highest BCUT2D eigenvalue weighted by atomic mass is 32.2. The number of likely N-dealkylation sites (tertiary alicyclic amines) is 1. The van der Waals surface area contributed by atoms with Gasteiger partial charge in [-0.3, -0.25) is 14.0 Å². The molecule has 9 heteroatoms. The Bertz CT molecular complexity index is 903. The first-order valence-electron chi connectivity index (χ1n) is 7.05. The van der Waals surface area contributed by atoms with Crippen LogP contribution in [0, 0.1) is 5.92 Å². The highest BCUT2D eigenvalue weighted by Gasteiger charge is 2.33. The van der Waals surface area contributed by atoms with Crippen LogP contribution in [0.5, 0.6) is 0 Å². The van der Waals surface area contributed by atoms with Crippen molar-refractivity contribution in [1.82, 2.24) is 14.3 Å². The van der Waals surface area contributed by atoms with Crippen molar-refractivity contribution in [1.29, 1.82) is 0 Å². The number of carbonyl (C=O) groups excluding carboxylic acids is 2. The molecule has 2 aromatic rings. The van der Waals surface area contributed by atoms with Gasteiger partial charge in [0.15, 0.2) is 5.69 Å². The van der Waals surface area contributed by atoms with E-state index in [1.807, 2.05) is 0 Å². The van der Waals surface area contributed by atoms with Gasteiger partial charge < -0.3 is 10.6 Å². The van der Waals surface area contributed by atoms with Crippen LogP contribution >= 0.6 is 0 Å². The van der Waals surface area contributed by atoms with E-state index in [9.17, 15) is 18.0 Å². The molecule has 2 amide bonds. The van der Waals surface area contributed by atoms with Gasteiger partial charge in [0.2, 0.25) is 20.9 Å². The van der Waals surface area contributed by atoms with E-state index in [4.69, 9.17) is 5.73 Å². The van der Waals surface area contributed by atoms with Crippen molar-refractivity contribution in [3.05, 3.63) is 30.1 Å². The van der Waals surface area contributed by atoms with Crippen LogP contribution in [-0.2, 0) is 14.6 Å². The number of imidazole rings is 1. The molecular weight excluding hydrogens is 320 g/mol. The van der Waals surface area contributed by atoms with E-state index in [1.165, 1.54) is 9.30 Å². The number of nitrogens with two attached hydrogens (primary N) is 1. The third-order valence-corrected chi connectivity index (χ3v) is 4.88. The second-order valence-electron chi connectivity index (χ2n) is 5.61. The zero-order valence-corrected chi connectivity index (χ0v) is 13.3. The summed E-state index contributed by atoms with van der Waals surface area (Å²) in [7, 11) is -3.58. The first-order chi connectivity index (χ1) is 10.8. The van der Waals surface area contributed by atoms with E-state index >= 15 is 0 Å². The van der Waals surface area contributed by atoms with Gasteiger partial charge in [-0.1, -0.05) is 6.07 Å². The van der Waals surface area contributed by atoms with Crippen LogP contribution in [0.25, 0.3) is 5.52 Å². The first-order valence-corrected chi connectivity index (χ1v) is 8.94. The van der Waals surface area contributed by atoms with Crippen molar-refractivity contribution in [3.8, 4) is 0 Å². The standard InChI is InChI=1S/C14H16N4O4S/c1-23(21,22)14-16-11(10-4-2-3-6-18(10)14)13(20)17-7-5-9(8-17)12(15)19/h2-4,6,9H,5,7-8H2,1H3,(H2,15,19)/t9-/m1/s1. The average Bonchev–Trinajstić information content (AvgIpc) is 3.11. The topological polar surface area (TPSA) is 115 Å². The van der Waals surface area contributed by atoms with Crippen LogP contribution < -0.4 is 5.73 Å². The van der Waals surface area contributed by atoms with Gasteiger partial charge in [-0.25, -0.2) is 13.4 Å². The lowest BCUT2D eigenvalue weighted by molar-refractivity contribution is -0.121. The van der Waals surface area contributed by atoms with Gasteiger partial charge in [0, 0.05) is 25.5 Å². The van der Waals surface area contributed by atoms with Crippen LogP contribution in [-0.4, -0.2) is 53.9 Å². The summed E-state index contributed by atoms with van der Waals surface area (Å²) >= 11 is 0. The molecule has 0 unspecified atom stereocenters. The fourth-order valence-electron chi connectivity index (χ4n) is 2.76. The lowest BCUT2D eigenvalue weighted by Crippen LogP contribution is -2.32. The average molecular weight is 336 g/mol. The SMILES string of the molecule is CS(=O)(=O)c1nc(C(=O)N2CC[C@@H](C(N)=O)C2)c2ccccn12. The van der Waals surface area contributed by atoms with E-state index in [0.29, 0.717) is 18.5 Å². The van der Waals surface area contributed by atoms with Crippen molar-refractivity contribution in [2.75, 3.05) is 19.3 Å². The lowest BCUT2D eigenvalue weighted by atomic mass is 10.1. The molecule has 3 rings (SSSR count). The molecule has 0 bridgehead atoms. The van der Waals surface area contributed by atoms with Gasteiger partial charge in [-0.05, 0) is 18.6 Å². The Hall–Kier alpha value is -2.42. The molecule has 2 aromatic heterocycles. The fourth-order valence-corrected chi connectivity index (χ4v) is 3.53. The number of sulfone groups is 1. The van der Waals surface area contributed by atoms with Gasteiger partial charge in [0.1, 0.15) is 0 Å². The molecule has 3 heterocycles. The molecule has 1 saturated heterocycles. The van der Waals surface area contributed by atoms with Crippen molar-refractivity contribution < 1.29 is 18.0 Å². The minimum Gasteiger partial charge on any atom is -0.369 e. The molecule has 8 nitrogen and oxygen atoms in total. The number of fused-ring (bicyclic) bond motifs is 1. The summed E-state index contributed by atoms with van der Waals surface area (Å²) in [4.78, 5) is 29.4. The number of hydrogen-bond donors (Lipinski definition) is 1. The second-order valence-corrected chi connectivity index (χ2v) is 7.52. The van der Waals surface area contributed by atoms with E-state index in [0.717, 1.165) is 6.26 Å². The molecule has 23 heavy (non-hydrogen) atoms. The number of aromatic nitrogens is 2. The normalized spacial score (nSPS) is 18.5. The van der Waals surface area contributed by atoms with Crippen LogP contribution in [0.1, 0.15) is 16.9 Å². The van der Waals surface area contributed by atoms with E-state index in [2.05, 4.69) is 4.98 Å². The Morgan fingerprint density at radius 1 is 1.35 bits per heavy atom. The second kappa shape index (κ2) is 5.34. The Kier molecular flexibility index (Phi) is 3.59. The minimum absolute atomic E-state index is 0.0659. The number of nitrogens with zero attached hydrogens (tertiary/aromatic N) is 3. The van der Waals surface area contributed by atoms with Crippen LogP contribution in [0.15, 0.2) is 29.6 Å². The Balaban J connectivity index is 2.04. The summed E-state index contributed by atoms with van der Waals surface area (Å²) in [5.41, 5.74) is 5.76. The maximum atomic E-state index is 12.7. The molecule has 0 aromatic carbocycles. The molecule has 0 spiro atoms. The molecule has 0 aliphatic carbocycles. The lowest BCUT2D eigenvalue weighted by Gasteiger charge is -2.14. The summed E-state index contributed by atoms with van der Waals surface area (Å²) in [6.45, 7) is 0.626. The molecule has 122 valence electrons. The van der Waals surface area contributed by atoms with Gasteiger partial charge in [0.05, 0.1) is 11.4 Å². The molecule has 0 radical (unpaired) electrons. The predicted octanol–water partition coefficient (Wildman–Crippen LogP) is -0.315. The Morgan fingerprint density at radius 2 is 2.09 bits per heavy atom. The van der Waals surface area contributed by atoms with Gasteiger partial charge >= 0.3 is 0 Å². The molecule has 1 aliphatic heterocycles. The molecule has 1 fully saturated rings. The summed E-state index contributed by atoms with van der Waals surface area (Å²) in [6, 6.07) is 5.00. The molecule has 2 N–H and O–H groups in total. The molecule has 1 aliphatic rings. The van der Waals surface area contributed by atoms with Crippen LogP contribution in [0.4, 0.5) is 0 Å². The summed E-state index contributed by atoms with van der Waals surface area (Å²) in [5, 5.41) is -0.179. The van der Waals surface area contributed by atoms with Crippen molar-refractivity contribution in [3.63, 3.8) is 0 Å². The highest BCUT2D eigenvalue weighted by Crippen LogP contribution is 2.22. The van der Waals surface area contributed by atoms with Crippen molar-refractivity contribution in [2.45, 2.75) is 11.6 Å². The predicted molar refractivity (Wildman–Crippen MR) is 81.5 cm³/mol. The summed E-state index contributed by atoms with van der Waals surface area (Å²) in [5.74, 6) is -1.21. The largest absolute Gasteiger partial charge is 0.369 e. The quantitative estimate of drug-likeness (QED) is 0.825. The third-order valence-electron chi connectivity index (χ3n) is 3.93. The number of amides is 2. The smallest absolute Gasteiger partial charge is 0.274 e. The monoisotopic (exact) mass is 336 g/mol. The minimum atomic E-state index is -3.58. The van der Waals surface area contributed by atoms with Gasteiger partial charge in [-0.15, -0.1) is 0 Å². The Labute approximate surface area is 132 Å². The van der Waals surface area contributed by atoms with E-state index in [-0.39, 0.29) is 23.3 Å². The maximum absolute atomic E-state index is 12.7. The zero-order valence-electron chi connectivity index (χ0n) is 12.5. The van der Waals surface area contributed by atoms with E-state index < -0.39 is 21.7 Å². The summed E-state index contributed by atoms with van der Waals surface area (Å²) in [6.07, 6.45) is 3.10. The third kappa shape index (κ3) is 2.67. The Morgan fingerprint density at radius 3 is 2.70 bits per heavy atom. The number of carbonyl (C=O) groups is 2. The number of hydrogen-bond acceptors (Lipinski definition) is 5. The van der Waals surface area contributed by atoms with Gasteiger partial charge in [0.25, 0.3) is 5.91 Å². The molecular formula is C14H16N4O4S. The first kappa shape index (κ1) is 15.5. The van der Waals surface area contributed by atoms with Gasteiger partial charge in [-0.2, -0.15) is 0 Å². The number of primary amides is 1. The van der Waals surface area contributed by atoms with E-state index in [1.54, 1.807) is 24.4 Å². The molecule has 1 atom stereocenters. The molecule has 0 saturated carbocycles. The van der Waals surface area contributed by atoms with Crippen molar-refractivity contribution in [2.24, 2.45) is 11.7 Å². The maximum Gasteiger partial charge on any atom is 0.274 e. The van der Waals surface area contributed by atoms with Crippen LogP contribution in [0.3, 0.4) is 0 Å².